The summed E-state index contributed by atoms with van der Waals surface area (Å²) in [7, 11) is 0. The van der Waals surface area contributed by atoms with E-state index in [1.165, 1.54) is 29.2 Å². The minimum Gasteiger partial charge on any atom is -0.480 e. The Morgan fingerprint density at radius 3 is 2.55 bits per heavy atom. The number of aliphatic carboxylic acids is 1. The highest BCUT2D eigenvalue weighted by Gasteiger charge is 2.38. The third-order valence-corrected chi connectivity index (χ3v) is 7.74. The molecule has 0 bridgehead atoms. The first kappa shape index (κ1) is 33.2. The van der Waals surface area contributed by atoms with Gasteiger partial charge in [-0.1, -0.05) is 25.4 Å². The molecule has 2 aromatic rings. The zero-order chi connectivity index (χ0) is 29.8. The highest BCUT2D eigenvalue weighted by Crippen LogP contribution is 2.30. The van der Waals surface area contributed by atoms with Crippen LogP contribution in [0.3, 0.4) is 0 Å². The lowest BCUT2D eigenvalue weighted by Crippen LogP contribution is -2.50. The number of ether oxygens (including phenoxy) is 2. The number of imide groups is 1. The number of cyclic esters (lactones) is 1. The third-order valence-electron chi connectivity index (χ3n) is 6.52. The largest absolute Gasteiger partial charge is 0.480 e. The molecule has 2 aliphatic rings. The molecule has 0 unspecified atom stereocenters. The second-order valence-corrected chi connectivity index (χ2v) is 11.4. The van der Waals surface area contributed by atoms with Gasteiger partial charge in [0, 0.05) is 12.2 Å². The lowest BCUT2D eigenvalue weighted by Gasteiger charge is -2.27. The van der Waals surface area contributed by atoms with Crippen LogP contribution in [0.1, 0.15) is 23.5 Å². The minimum absolute atomic E-state index is 0. The third kappa shape index (κ3) is 7.55. The average molecular weight is 648 g/mol. The summed E-state index contributed by atoms with van der Waals surface area (Å²) in [6, 6.07) is 5.89. The Morgan fingerprint density at radius 2 is 1.95 bits per heavy atom. The Kier molecular flexibility index (Phi) is 11.3. The fraction of sp³-hybridized carbons (Fsp3) is 0.423. The SMILES string of the molecule is CC(C)[C@@H](NCC(=O)N(C[C@H]1CN(c2ccc(N3CCOCC3=O)cc2F)C(=O)O1)C(=O)c1ccc(Cl)s1)C(=O)O.Cl. The molecule has 42 heavy (non-hydrogen) atoms. The summed E-state index contributed by atoms with van der Waals surface area (Å²) in [6.45, 7) is 2.79. The Balaban J connectivity index is 0.00000484. The van der Waals surface area contributed by atoms with E-state index in [2.05, 4.69) is 5.32 Å². The second-order valence-electron chi connectivity index (χ2n) is 9.70. The summed E-state index contributed by atoms with van der Waals surface area (Å²) in [4.78, 5) is 66.2. The molecule has 4 amide bonds. The predicted octanol–water partition coefficient (Wildman–Crippen LogP) is 3.02. The van der Waals surface area contributed by atoms with E-state index in [9.17, 15) is 29.1 Å². The van der Waals surface area contributed by atoms with Gasteiger partial charge in [-0.15, -0.1) is 23.7 Å². The van der Waals surface area contributed by atoms with Crippen LogP contribution in [-0.2, 0) is 23.9 Å². The number of carboxylic acids is 1. The van der Waals surface area contributed by atoms with Crippen molar-refractivity contribution in [1.29, 1.82) is 0 Å². The number of carbonyl (C=O) groups excluding carboxylic acids is 4. The lowest BCUT2D eigenvalue weighted by atomic mass is 10.1. The number of nitrogens with one attached hydrogen (secondary N) is 1. The molecule has 0 saturated carbocycles. The molecule has 2 N–H and O–H groups in total. The van der Waals surface area contributed by atoms with Crippen molar-refractivity contribution < 1.29 is 42.9 Å². The molecule has 1 aromatic heterocycles. The maximum atomic E-state index is 15.1. The van der Waals surface area contributed by atoms with Crippen LogP contribution < -0.4 is 15.1 Å². The monoisotopic (exact) mass is 646 g/mol. The topological polar surface area (TPSA) is 146 Å². The highest BCUT2D eigenvalue weighted by molar-refractivity contribution is 7.18. The Hall–Kier alpha value is -3.30. The van der Waals surface area contributed by atoms with Gasteiger partial charge in [0.05, 0.1) is 41.1 Å². The minimum atomic E-state index is -1.15. The van der Waals surface area contributed by atoms with Gasteiger partial charge in [0.15, 0.2) is 0 Å². The van der Waals surface area contributed by atoms with Crippen LogP contribution in [0.2, 0.25) is 4.34 Å². The molecule has 0 aliphatic carbocycles. The quantitative estimate of drug-likeness (QED) is 0.398. The van der Waals surface area contributed by atoms with Crippen molar-refractivity contribution in [3.63, 3.8) is 0 Å². The molecular weight excluding hydrogens is 618 g/mol. The molecule has 228 valence electrons. The number of morpholine rings is 1. The number of halogens is 3. The van der Waals surface area contributed by atoms with E-state index in [1.54, 1.807) is 13.8 Å². The molecular formula is C26H29Cl2FN4O8S. The molecule has 3 heterocycles. The number of anilines is 2. The van der Waals surface area contributed by atoms with Gasteiger partial charge in [-0.2, -0.15) is 0 Å². The number of hydrogen-bond donors (Lipinski definition) is 2. The van der Waals surface area contributed by atoms with Crippen molar-refractivity contribution >= 4 is 76.5 Å². The summed E-state index contributed by atoms with van der Waals surface area (Å²) < 4.78 is 25.9. The summed E-state index contributed by atoms with van der Waals surface area (Å²) in [5.74, 6) is -4.02. The van der Waals surface area contributed by atoms with E-state index in [0.717, 1.165) is 27.2 Å². The smallest absolute Gasteiger partial charge is 0.414 e. The Bertz CT molecular complexity index is 1360. The van der Waals surface area contributed by atoms with E-state index in [-0.39, 0.29) is 61.0 Å². The molecule has 16 heteroatoms. The van der Waals surface area contributed by atoms with Crippen molar-refractivity contribution in [3.8, 4) is 0 Å². The molecule has 0 radical (unpaired) electrons. The van der Waals surface area contributed by atoms with Gasteiger partial charge in [0.25, 0.3) is 11.8 Å². The van der Waals surface area contributed by atoms with Crippen LogP contribution in [-0.4, -0.2) is 91.3 Å². The molecule has 2 atom stereocenters. The molecule has 1 aromatic carbocycles. The van der Waals surface area contributed by atoms with E-state index in [0.29, 0.717) is 16.6 Å². The second kappa shape index (κ2) is 14.2. The molecule has 4 rings (SSSR count). The van der Waals surface area contributed by atoms with Gasteiger partial charge < -0.3 is 19.5 Å². The first-order valence-electron chi connectivity index (χ1n) is 12.7. The lowest BCUT2D eigenvalue weighted by molar-refractivity contribution is -0.141. The van der Waals surface area contributed by atoms with Gasteiger partial charge >= 0.3 is 12.1 Å². The van der Waals surface area contributed by atoms with E-state index >= 15 is 4.39 Å². The zero-order valence-electron chi connectivity index (χ0n) is 22.6. The first-order chi connectivity index (χ1) is 19.5. The maximum Gasteiger partial charge on any atom is 0.414 e. The summed E-state index contributed by atoms with van der Waals surface area (Å²) >= 11 is 6.92. The molecule has 2 aliphatic heterocycles. The fourth-order valence-corrected chi connectivity index (χ4v) is 5.44. The van der Waals surface area contributed by atoms with E-state index < -0.39 is 48.4 Å². The number of hydrogen-bond acceptors (Lipinski definition) is 9. The van der Waals surface area contributed by atoms with Gasteiger partial charge in [-0.3, -0.25) is 34.3 Å². The number of carbonyl (C=O) groups is 5. The van der Waals surface area contributed by atoms with Crippen LogP contribution in [0.5, 0.6) is 0 Å². The van der Waals surface area contributed by atoms with Crippen LogP contribution in [0, 0.1) is 11.7 Å². The van der Waals surface area contributed by atoms with Crippen molar-refractivity contribution in [3.05, 3.63) is 45.4 Å². The number of benzene rings is 1. The van der Waals surface area contributed by atoms with E-state index in [1.807, 2.05) is 0 Å². The Labute approximate surface area is 255 Å². The molecule has 2 saturated heterocycles. The van der Waals surface area contributed by atoms with Gasteiger partial charge in [0.1, 0.15) is 24.6 Å². The normalized spacial score (nSPS) is 17.6. The first-order valence-corrected chi connectivity index (χ1v) is 13.9. The van der Waals surface area contributed by atoms with Crippen LogP contribution in [0.25, 0.3) is 0 Å². The van der Waals surface area contributed by atoms with Crippen molar-refractivity contribution in [2.24, 2.45) is 5.92 Å². The number of carboxylic acid groups (broad SMARTS) is 1. The standard InChI is InChI=1S/C26H28ClFN4O8S.ClH/c1-14(2)23(25(36)37)29-10-21(33)32(24(35)19-5-6-20(27)41-19)12-16-11-31(26(38)40-16)18-4-3-15(9-17(18)28)30-7-8-39-13-22(30)34;/h3-6,9,14,16,23,29H,7-8,10-13H2,1-2H3,(H,36,37);1H/t16-,23-;/m1./s1. The van der Waals surface area contributed by atoms with Gasteiger partial charge in [-0.25, -0.2) is 9.18 Å². The van der Waals surface area contributed by atoms with Gasteiger partial charge in [-0.05, 0) is 36.2 Å². The van der Waals surface area contributed by atoms with Crippen LogP contribution in [0.4, 0.5) is 20.6 Å². The van der Waals surface area contributed by atoms with Crippen molar-refractivity contribution in [2.75, 3.05) is 49.2 Å². The number of amides is 4. The molecule has 2 fully saturated rings. The average Bonchev–Trinajstić information content (AvgIpc) is 3.51. The number of nitrogens with zero attached hydrogens (tertiary/aromatic N) is 3. The van der Waals surface area contributed by atoms with Crippen molar-refractivity contribution in [2.45, 2.75) is 26.0 Å². The summed E-state index contributed by atoms with van der Waals surface area (Å²) in [5.41, 5.74) is 0.216. The van der Waals surface area contributed by atoms with E-state index in [4.69, 9.17) is 21.1 Å². The predicted molar refractivity (Wildman–Crippen MR) is 154 cm³/mol. The highest BCUT2D eigenvalue weighted by atomic mass is 35.5. The fourth-order valence-electron chi connectivity index (χ4n) is 4.45. The van der Waals surface area contributed by atoms with Gasteiger partial charge in [0.2, 0.25) is 5.91 Å². The van der Waals surface area contributed by atoms with Crippen molar-refractivity contribution in [1.82, 2.24) is 10.2 Å². The summed E-state index contributed by atoms with van der Waals surface area (Å²) in [5, 5.41) is 12.1. The number of thiophene rings is 1. The number of rotatable bonds is 10. The van der Waals surface area contributed by atoms with Crippen LogP contribution >= 0.6 is 35.3 Å². The summed E-state index contributed by atoms with van der Waals surface area (Å²) in [6.07, 6.45) is -1.89. The van der Waals surface area contributed by atoms with Crippen LogP contribution in [0.15, 0.2) is 30.3 Å². The maximum absolute atomic E-state index is 15.1. The molecule has 12 nitrogen and oxygen atoms in total. The Morgan fingerprint density at radius 1 is 1.21 bits per heavy atom. The zero-order valence-corrected chi connectivity index (χ0v) is 25.0. The molecule has 0 spiro atoms.